The van der Waals surface area contributed by atoms with Gasteiger partial charge in [0, 0.05) is 73.7 Å². The molecule has 0 bridgehead atoms. The van der Waals surface area contributed by atoms with Crippen LogP contribution in [-0.2, 0) is 53.3 Å². The Bertz CT molecular complexity index is 2610. The summed E-state index contributed by atoms with van der Waals surface area (Å²) in [5.41, 5.74) is 16.5. The lowest BCUT2D eigenvalue weighted by Gasteiger charge is -2.37. The summed E-state index contributed by atoms with van der Waals surface area (Å²) in [6.07, 6.45) is -8.25. The highest BCUT2D eigenvalue weighted by atomic mass is 19.4. The Morgan fingerprint density at radius 2 is 1.23 bits per heavy atom. The summed E-state index contributed by atoms with van der Waals surface area (Å²) in [6, 6.07) is 11.9. The Hall–Kier alpha value is -8.29. The van der Waals surface area contributed by atoms with Crippen molar-refractivity contribution in [2.24, 2.45) is 22.2 Å². The van der Waals surface area contributed by atoms with Crippen molar-refractivity contribution < 1.29 is 109 Å². The van der Waals surface area contributed by atoms with Crippen molar-refractivity contribution in [2.75, 3.05) is 65.8 Å². The number of carboxylic acid groups (broad SMARTS) is 2. The van der Waals surface area contributed by atoms with Gasteiger partial charge in [-0.15, -0.1) is 0 Å². The number of esters is 1. The van der Waals surface area contributed by atoms with Crippen LogP contribution in [-0.4, -0.2) is 164 Å². The number of fused-ring (bicyclic) bond motifs is 6. The summed E-state index contributed by atoms with van der Waals surface area (Å²) in [5.74, 6) is -8.08. The highest BCUT2D eigenvalue weighted by Gasteiger charge is 2.55. The third-order valence-corrected chi connectivity index (χ3v) is 11.0. The maximum Gasteiger partial charge on any atom is 0.490 e. The zero-order chi connectivity index (χ0) is 59.8. The van der Waals surface area contributed by atoms with Crippen molar-refractivity contribution >= 4 is 53.3 Å². The number of benzene rings is 3. The number of carbonyl (C=O) groups excluding carboxylic acids is 6. The van der Waals surface area contributed by atoms with Crippen LogP contribution in [0.4, 0.5) is 26.3 Å². The molecule has 0 radical (unpaired) electrons. The largest absolute Gasteiger partial charge is 0.508 e. The average Bonchev–Trinajstić information content (AvgIpc) is 3.68. The summed E-state index contributed by atoms with van der Waals surface area (Å²) < 4.78 is 92.3. The number of aromatic hydroxyl groups is 2. The molecule has 0 unspecified atom stereocenters. The Kier molecular flexibility index (Phi) is 25.9. The number of guanidine groups is 1. The number of phenols is 2. The summed E-state index contributed by atoms with van der Waals surface area (Å²) in [4.78, 5) is 97.3. The number of aliphatic carboxylic acids is 2. The second kappa shape index (κ2) is 31.3. The van der Waals surface area contributed by atoms with Crippen LogP contribution in [0, 0.1) is 0 Å². The van der Waals surface area contributed by atoms with Crippen LogP contribution in [0.15, 0.2) is 59.6 Å². The number of hydrogen-bond acceptors (Lipinski definition) is 17. The van der Waals surface area contributed by atoms with Gasteiger partial charge < -0.3 is 82.6 Å². The first kappa shape index (κ1) is 66.0. The highest BCUT2D eigenvalue weighted by molar-refractivity contribution is 6.04. The minimum Gasteiger partial charge on any atom is -0.508 e. The minimum absolute atomic E-state index is 0.00701. The quantitative estimate of drug-likeness (QED) is 0.0171. The molecule has 1 spiro atoms. The van der Waals surface area contributed by atoms with Crippen LogP contribution < -0.4 is 43.2 Å². The van der Waals surface area contributed by atoms with Crippen molar-refractivity contribution in [1.82, 2.24) is 21.3 Å². The number of nitrogens with one attached hydrogen (secondary N) is 4. The number of hydrogen-bond donors (Lipinski definition) is 11. The molecule has 14 N–H and O–H groups in total. The molecule has 440 valence electrons. The van der Waals surface area contributed by atoms with E-state index in [2.05, 4.69) is 26.3 Å². The van der Waals surface area contributed by atoms with Crippen LogP contribution >= 0.6 is 0 Å². The molecule has 2 heterocycles. The Balaban J connectivity index is 0.00000106. The van der Waals surface area contributed by atoms with Gasteiger partial charge in [0.05, 0.1) is 50.6 Å². The Morgan fingerprint density at radius 3 is 1.73 bits per heavy atom. The van der Waals surface area contributed by atoms with E-state index in [0.717, 1.165) is 0 Å². The predicted octanol–water partition coefficient (Wildman–Crippen LogP) is 1.96. The van der Waals surface area contributed by atoms with Crippen LogP contribution in [0.25, 0.3) is 0 Å². The summed E-state index contributed by atoms with van der Waals surface area (Å²) in [5, 5.41) is 45.3. The zero-order valence-electron chi connectivity index (χ0n) is 42.7. The van der Waals surface area contributed by atoms with Gasteiger partial charge in [-0.3, -0.25) is 29.0 Å². The summed E-state index contributed by atoms with van der Waals surface area (Å²) >= 11 is 0. The van der Waals surface area contributed by atoms with E-state index in [9.17, 15) is 65.3 Å². The lowest BCUT2D eigenvalue weighted by molar-refractivity contribution is -0.193. The predicted molar refractivity (Wildman–Crippen MR) is 265 cm³/mol. The second-order valence-electron chi connectivity index (χ2n) is 17.1. The van der Waals surface area contributed by atoms with E-state index in [4.69, 9.17) is 60.7 Å². The number of ketones is 1. The molecular formula is C49H60F6N8O17. The van der Waals surface area contributed by atoms with E-state index in [1.165, 1.54) is 31.2 Å². The lowest BCUT2D eigenvalue weighted by Crippen LogP contribution is -2.48. The molecule has 3 aromatic carbocycles. The van der Waals surface area contributed by atoms with Gasteiger partial charge in [0.25, 0.3) is 5.91 Å². The number of carboxylic acids is 2. The van der Waals surface area contributed by atoms with Gasteiger partial charge >= 0.3 is 30.3 Å². The standard InChI is InChI=1S/C45H58N8O13.2C2HF3O2/c1-27(54)35(8-3-15-51-44(47)48)53-39(58)26-52-42(60)34(46)13-14-38(57)49-16-4-18-62-20-22-64-23-21-63-19-5-17-50-41(59)30-6-2-7-31-40(30)45(66-43(31)61)32-11-9-28(55)24-36(32)65-37-25-29(56)10-12-33(37)45;2*3-2(4,5)1(6)7/h2,6-7,9-12,24-25,34-35,55-56H,3-5,8,13-23,26,46H2,1H3,(H,49,57)(H,50,59)(H,52,60)(H,53,58)(H4,47,48,51);2*(H,6,7)/t34-,35-;;/m0../s1. The Morgan fingerprint density at radius 1 is 0.713 bits per heavy atom. The molecule has 80 heavy (non-hydrogen) atoms. The third kappa shape index (κ3) is 20.8. The number of halogens is 6. The molecule has 0 aromatic heterocycles. The van der Waals surface area contributed by atoms with Gasteiger partial charge in [-0.05, 0) is 75.4 Å². The first-order valence-corrected chi connectivity index (χ1v) is 24.1. The van der Waals surface area contributed by atoms with Crippen molar-refractivity contribution in [2.45, 2.75) is 75.5 Å². The fraction of sp³-hybridized carbons (Fsp3) is 0.449. The molecule has 0 saturated carbocycles. The number of nitrogens with zero attached hydrogens (tertiary/aromatic N) is 1. The van der Waals surface area contributed by atoms with E-state index in [1.807, 2.05) is 0 Å². The number of nitrogens with two attached hydrogens (primary N) is 3. The summed E-state index contributed by atoms with van der Waals surface area (Å²) in [7, 11) is 0. The number of phenolic OH excluding ortho intramolecular Hbond substituents is 2. The van der Waals surface area contributed by atoms with Crippen LogP contribution in [0.2, 0.25) is 0 Å². The van der Waals surface area contributed by atoms with Crippen LogP contribution in [0.3, 0.4) is 0 Å². The number of carbonyl (C=O) groups is 8. The van der Waals surface area contributed by atoms with E-state index in [-0.39, 0.29) is 77.7 Å². The molecule has 4 amide bonds. The molecule has 2 aliphatic rings. The molecule has 2 atom stereocenters. The fourth-order valence-corrected chi connectivity index (χ4v) is 7.30. The third-order valence-electron chi connectivity index (χ3n) is 11.0. The minimum atomic E-state index is -5.08. The monoisotopic (exact) mass is 1150 g/mol. The van der Waals surface area contributed by atoms with E-state index < -0.39 is 65.7 Å². The number of aliphatic imine (C=N–C) groups is 1. The normalized spacial score (nSPS) is 13.3. The number of alkyl halides is 6. The fourth-order valence-electron chi connectivity index (χ4n) is 7.30. The van der Waals surface area contributed by atoms with E-state index in [1.54, 1.807) is 30.3 Å². The Labute approximate surface area is 451 Å². The maximum atomic E-state index is 13.7. The van der Waals surface area contributed by atoms with Gasteiger partial charge in [-0.2, -0.15) is 26.3 Å². The SMILES string of the molecule is CC(=O)[C@H](CCCN=C(N)N)NC(=O)CNC(=O)[C@@H](N)CCC(=O)NCCCOCCOCCOCCCNC(=O)c1cccc2c1C1(OC2=O)c2ccc(O)cc2Oc2cc(O)ccc21.O=C(O)C(F)(F)F.O=C(O)C(F)(F)F. The van der Waals surface area contributed by atoms with E-state index >= 15 is 0 Å². The van der Waals surface area contributed by atoms with Crippen molar-refractivity contribution in [1.29, 1.82) is 0 Å². The zero-order valence-corrected chi connectivity index (χ0v) is 42.7. The van der Waals surface area contributed by atoms with Crippen molar-refractivity contribution in [3.8, 4) is 23.0 Å². The van der Waals surface area contributed by atoms with Crippen molar-refractivity contribution in [3.63, 3.8) is 0 Å². The maximum absolute atomic E-state index is 13.7. The van der Waals surface area contributed by atoms with Gasteiger partial charge in [0.1, 0.15) is 23.0 Å². The second-order valence-corrected chi connectivity index (χ2v) is 17.1. The smallest absolute Gasteiger partial charge is 0.490 e. The van der Waals surface area contributed by atoms with Gasteiger partial charge in [0.2, 0.25) is 17.7 Å². The average molecular weight is 1150 g/mol. The van der Waals surface area contributed by atoms with Crippen LogP contribution in [0.1, 0.15) is 82.9 Å². The van der Waals surface area contributed by atoms with E-state index in [0.29, 0.717) is 95.1 Å². The first-order chi connectivity index (χ1) is 37.6. The van der Waals surface area contributed by atoms with Crippen molar-refractivity contribution in [3.05, 3.63) is 82.4 Å². The number of amides is 4. The number of ether oxygens (including phenoxy) is 5. The molecule has 0 fully saturated rings. The molecular weight excluding hydrogens is 1090 g/mol. The molecule has 0 saturated heterocycles. The molecule has 5 rings (SSSR count). The molecule has 25 nitrogen and oxygen atoms in total. The summed E-state index contributed by atoms with van der Waals surface area (Å²) in [6.45, 7) is 3.98. The topological polar surface area (TPSA) is 402 Å². The molecule has 0 aliphatic carbocycles. The number of Topliss-reactive ketones (excluding diaryl/α,β-unsaturated/α-hetero) is 1. The van der Waals surface area contributed by atoms with Crippen LogP contribution in [0.5, 0.6) is 23.0 Å². The first-order valence-electron chi connectivity index (χ1n) is 24.1. The molecule has 2 aliphatic heterocycles. The van der Waals surface area contributed by atoms with Gasteiger partial charge in [-0.1, -0.05) is 6.07 Å². The number of rotatable bonds is 27. The lowest BCUT2D eigenvalue weighted by atomic mass is 9.75. The van der Waals surface area contributed by atoms with Gasteiger partial charge in [-0.25, -0.2) is 14.4 Å². The molecule has 3 aromatic rings. The highest BCUT2D eigenvalue weighted by Crippen LogP contribution is 2.57. The van der Waals surface area contributed by atoms with Gasteiger partial charge in [0.15, 0.2) is 17.3 Å². The molecule has 31 heteroatoms.